The van der Waals surface area contributed by atoms with Crippen LogP contribution in [0.5, 0.6) is 0 Å². The molecule has 26 heavy (non-hydrogen) atoms. The molecule has 0 saturated carbocycles. The van der Waals surface area contributed by atoms with Gasteiger partial charge in [0.1, 0.15) is 5.01 Å². The minimum atomic E-state index is -0.304. The van der Waals surface area contributed by atoms with E-state index < -0.39 is 0 Å². The zero-order chi connectivity index (χ0) is 18.7. The molecule has 1 N–H and O–H groups in total. The van der Waals surface area contributed by atoms with E-state index in [4.69, 9.17) is 11.6 Å². The molecule has 0 spiro atoms. The van der Waals surface area contributed by atoms with Crippen LogP contribution in [0.3, 0.4) is 0 Å². The smallest absolute Gasteiger partial charge is 0.286 e. The molecule has 1 aliphatic heterocycles. The topological polar surface area (TPSA) is 75.2 Å². The highest BCUT2D eigenvalue weighted by atomic mass is 35.5. The highest BCUT2D eigenvalue weighted by Gasteiger charge is 2.28. The molecule has 8 heteroatoms. The minimum Gasteiger partial charge on any atom is -0.342 e. The maximum absolute atomic E-state index is 12.4. The highest BCUT2D eigenvalue weighted by molar-refractivity contribution is 7.13. The van der Waals surface area contributed by atoms with E-state index in [9.17, 15) is 9.59 Å². The van der Waals surface area contributed by atoms with Gasteiger partial charge in [-0.25, -0.2) is 0 Å². The second-order valence-electron chi connectivity index (χ2n) is 6.69. The van der Waals surface area contributed by atoms with Crippen molar-refractivity contribution >= 4 is 40.4 Å². The number of benzene rings is 1. The van der Waals surface area contributed by atoms with E-state index in [0.717, 1.165) is 24.4 Å². The van der Waals surface area contributed by atoms with Crippen molar-refractivity contribution in [2.75, 3.05) is 18.4 Å². The maximum atomic E-state index is 12.4. The van der Waals surface area contributed by atoms with E-state index in [1.165, 1.54) is 11.3 Å². The molecule has 1 fully saturated rings. The summed E-state index contributed by atoms with van der Waals surface area (Å²) >= 11 is 7.22. The molecule has 0 unspecified atom stereocenters. The Bertz CT molecular complexity index is 808. The van der Waals surface area contributed by atoms with Crippen molar-refractivity contribution in [2.24, 2.45) is 5.92 Å². The van der Waals surface area contributed by atoms with Gasteiger partial charge < -0.3 is 10.2 Å². The molecule has 2 aromatic rings. The number of piperidine rings is 1. The first-order valence-corrected chi connectivity index (χ1v) is 9.82. The summed E-state index contributed by atoms with van der Waals surface area (Å²) in [6, 6.07) is 6.96. The third-order valence-electron chi connectivity index (χ3n) is 4.29. The second-order valence-corrected chi connectivity index (χ2v) is 8.13. The molecule has 2 heterocycles. The molecule has 1 aromatic heterocycles. The van der Waals surface area contributed by atoms with Gasteiger partial charge in [-0.2, -0.15) is 0 Å². The van der Waals surface area contributed by atoms with Crippen LogP contribution in [0.4, 0.5) is 5.69 Å². The number of nitrogens with zero attached hydrogens (tertiary/aromatic N) is 3. The summed E-state index contributed by atoms with van der Waals surface area (Å²) in [7, 11) is 0. The molecular weight excluding hydrogens is 372 g/mol. The quantitative estimate of drug-likeness (QED) is 0.858. The van der Waals surface area contributed by atoms with Crippen LogP contribution in [0.15, 0.2) is 24.3 Å². The normalized spacial score (nSPS) is 17.4. The number of likely N-dealkylation sites (tertiary alicyclic amines) is 1. The zero-order valence-electron chi connectivity index (χ0n) is 14.7. The number of carbonyl (C=O) groups is 2. The minimum absolute atomic E-state index is 0.0118. The number of hydrogen-bond acceptors (Lipinski definition) is 5. The van der Waals surface area contributed by atoms with Crippen molar-refractivity contribution in [3.63, 3.8) is 0 Å². The monoisotopic (exact) mass is 392 g/mol. The molecule has 0 bridgehead atoms. The molecule has 1 aromatic carbocycles. The van der Waals surface area contributed by atoms with Gasteiger partial charge in [-0.3, -0.25) is 9.59 Å². The van der Waals surface area contributed by atoms with Crippen molar-refractivity contribution in [3.8, 4) is 0 Å². The number of carbonyl (C=O) groups excluding carboxylic acids is 2. The number of nitrogens with one attached hydrogen (secondary N) is 1. The number of hydrogen-bond donors (Lipinski definition) is 1. The van der Waals surface area contributed by atoms with Crippen molar-refractivity contribution < 1.29 is 9.59 Å². The van der Waals surface area contributed by atoms with E-state index in [1.807, 2.05) is 18.7 Å². The summed E-state index contributed by atoms with van der Waals surface area (Å²) in [5, 5.41) is 12.7. The van der Waals surface area contributed by atoms with Crippen molar-refractivity contribution in [1.29, 1.82) is 0 Å². The largest absolute Gasteiger partial charge is 0.342 e. The van der Waals surface area contributed by atoms with Gasteiger partial charge in [0.25, 0.3) is 5.91 Å². The van der Waals surface area contributed by atoms with Crippen LogP contribution >= 0.6 is 22.9 Å². The summed E-state index contributed by atoms with van der Waals surface area (Å²) in [6.45, 7) is 5.25. The van der Waals surface area contributed by atoms with Crippen molar-refractivity contribution in [3.05, 3.63) is 39.3 Å². The first-order valence-electron chi connectivity index (χ1n) is 8.63. The van der Waals surface area contributed by atoms with Gasteiger partial charge in [0.2, 0.25) is 10.9 Å². The van der Waals surface area contributed by atoms with Crippen LogP contribution in [0, 0.1) is 5.92 Å². The average molecular weight is 393 g/mol. The van der Waals surface area contributed by atoms with Gasteiger partial charge >= 0.3 is 0 Å². The fourth-order valence-electron chi connectivity index (χ4n) is 2.99. The lowest BCUT2D eigenvalue weighted by Gasteiger charge is -2.32. The zero-order valence-corrected chi connectivity index (χ0v) is 16.3. The Balaban J connectivity index is 1.67. The lowest BCUT2D eigenvalue weighted by molar-refractivity contribution is -0.135. The Morgan fingerprint density at radius 1 is 1.35 bits per heavy atom. The predicted octanol–water partition coefficient (Wildman–Crippen LogP) is 3.81. The van der Waals surface area contributed by atoms with Gasteiger partial charge in [0.05, 0.1) is 0 Å². The number of rotatable bonds is 4. The fraction of sp³-hybridized carbons (Fsp3) is 0.444. The van der Waals surface area contributed by atoms with Crippen LogP contribution < -0.4 is 5.32 Å². The van der Waals surface area contributed by atoms with Gasteiger partial charge in [-0.15, -0.1) is 10.2 Å². The predicted molar refractivity (Wildman–Crippen MR) is 103 cm³/mol. The first-order chi connectivity index (χ1) is 12.4. The van der Waals surface area contributed by atoms with Crippen LogP contribution in [0.25, 0.3) is 0 Å². The Kier molecular flexibility index (Phi) is 5.88. The number of amides is 2. The maximum Gasteiger partial charge on any atom is 0.286 e. The molecule has 6 nitrogen and oxygen atoms in total. The first kappa shape index (κ1) is 18.8. The van der Waals surface area contributed by atoms with E-state index in [0.29, 0.717) is 22.3 Å². The SMILES string of the molecule is CC(C)C(=O)N1CCC[C@H](c2nnc(C(=O)Nc3cccc(Cl)c3)s2)C1. The molecule has 2 amide bonds. The van der Waals surface area contributed by atoms with Crippen LogP contribution in [0.1, 0.15) is 47.4 Å². The third kappa shape index (κ3) is 4.40. The average Bonchev–Trinajstić information content (AvgIpc) is 3.11. The van der Waals surface area contributed by atoms with Crippen molar-refractivity contribution in [2.45, 2.75) is 32.6 Å². The van der Waals surface area contributed by atoms with E-state index in [1.54, 1.807) is 24.3 Å². The number of halogens is 1. The Morgan fingerprint density at radius 3 is 2.88 bits per heavy atom. The molecule has 1 aliphatic rings. The molecular formula is C18H21ClN4O2S. The van der Waals surface area contributed by atoms with E-state index >= 15 is 0 Å². The summed E-state index contributed by atoms with van der Waals surface area (Å²) in [4.78, 5) is 26.5. The van der Waals surface area contributed by atoms with Crippen LogP contribution in [-0.4, -0.2) is 40.0 Å². The summed E-state index contributed by atoms with van der Waals surface area (Å²) in [6.07, 6.45) is 1.89. The number of anilines is 1. The van der Waals surface area contributed by atoms with Crippen LogP contribution in [0.2, 0.25) is 5.02 Å². The van der Waals surface area contributed by atoms with Crippen molar-refractivity contribution in [1.82, 2.24) is 15.1 Å². The Labute approximate surface area is 161 Å². The lowest BCUT2D eigenvalue weighted by Crippen LogP contribution is -2.41. The molecule has 1 atom stereocenters. The second kappa shape index (κ2) is 8.14. The van der Waals surface area contributed by atoms with E-state index in [2.05, 4.69) is 15.5 Å². The standard InChI is InChI=1S/C18H21ClN4O2S/c1-11(2)18(25)23-8-4-5-12(10-23)16-21-22-17(26-16)15(24)20-14-7-3-6-13(19)9-14/h3,6-7,9,11-12H,4-5,8,10H2,1-2H3,(H,20,24)/t12-/m0/s1. The van der Waals surface area contributed by atoms with Gasteiger partial charge in [0, 0.05) is 35.6 Å². The van der Waals surface area contributed by atoms with Gasteiger partial charge in [0.15, 0.2) is 0 Å². The van der Waals surface area contributed by atoms with Gasteiger partial charge in [-0.05, 0) is 31.0 Å². The van der Waals surface area contributed by atoms with Gasteiger partial charge in [-0.1, -0.05) is 42.9 Å². The number of aromatic nitrogens is 2. The van der Waals surface area contributed by atoms with E-state index in [-0.39, 0.29) is 23.7 Å². The summed E-state index contributed by atoms with van der Waals surface area (Å²) in [5.74, 6) is -0.0149. The molecule has 3 rings (SSSR count). The van der Waals surface area contributed by atoms with Crippen LogP contribution in [-0.2, 0) is 4.79 Å². The summed E-state index contributed by atoms with van der Waals surface area (Å²) < 4.78 is 0. The summed E-state index contributed by atoms with van der Waals surface area (Å²) in [5.41, 5.74) is 0.616. The molecule has 138 valence electrons. The Hall–Kier alpha value is -1.99. The Morgan fingerprint density at radius 2 is 2.15 bits per heavy atom. The highest BCUT2D eigenvalue weighted by Crippen LogP contribution is 2.30. The molecule has 0 radical (unpaired) electrons. The molecule has 1 saturated heterocycles. The lowest BCUT2D eigenvalue weighted by atomic mass is 9.97. The third-order valence-corrected chi connectivity index (χ3v) is 5.61. The molecule has 0 aliphatic carbocycles. The fourth-order valence-corrected chi connectivity index (χ4v) is 4.04.